The third kappa shape index (κ3) is 2.88. The number of carbonyl (C=O) groups excluding carboxylic acids is 1. The molecule has 1 unspecified atom stereocenters. The fourth-order valence-corrected chi connectivity index (χ4v) is 3.33. The lowest BCUT2D eigenvalue weighted by molar-refractivity contribution is -0.141. The fraction of sp³-hybridized carbons (Fsp3) is 0.143. The highest BCUT2D eigenvalue weighted by Gasteiger charge is 2.21. The van der Waals surface area contributed by atoms with E-state index in [9.17, 15) is 4.79 Å². The number of fused-ring (bicyclic) bond motifs is 2. The molecule has 4 rings (SSSR count). The number of anilines is 1. The first-order valence-corrected chi connectivity index (χ1v) is 8.43. The summed E-state index contributed by atoms with van der Waals surface area (Å²) in [5.41, 5.74) is 9.30. The average Bonchev–Trinajstić information content (AvgIpc) is 3.08. The Bertz CT molecular complexity index is 1100. The van der Waals surface area contributed by atoms with Gasteiger partial charge in [0.1, 0.15) is 0 Å². The van der Waals surface area contributed by atoms with Crippen LogP contribution < -0.4 is 5.73 Å². The summed E-state index contributed by atoms with van der Waals surface area (Å²) in [5.74, 6) is -0.263. The van der Waals surface area contributed by atoms with E-state index in [1.165, 1.54) is 7.11 Å². The van der Waals surface area contributed by atoms with Crippen LogP contribution in [-0.4, -0.2) is 22.6 Å². The van der Waals surface area contributed by atoms with E-state index in [2.05, 4.69) is 35.3 Å². The molecule has 130 valence electrons. The summed E-state index contributed by atoms with van der Waals surface area (Å²) >= 11 is 0. The summed E-state index contributed by atoms with van der Waals surface area (Å²) in [6.07, 6.45) is 1.98. The van der Waals surface area contributed by atoms with Crippen LogP contribution in [0.1, 0.15) is 18.0 Å². The van der Waals surface area contributed by atoms with Crippen LogP contribution in [0.25, 0.3) is 21.8 Å². The number of nitrogen functional groups attached to an aromatic ring is 1. The van der Waals surface area contributed by atoms with Gasteiger partial charge in [0.05, 0.1) is 36.9 Å². The molecule has 3 aromatic carbocycles. The molecule has 0 saturated heterocycles. The van der Waals surface area contributed by atoms with Crippen LogP contribution in [0, 0.1) is 0 Å². The van der Waals surface area contributed by atoms with Gasteiger partial charge in [0.2, 0.25) is 0 Å². The zero-order chi connectivity index (χ0) is 18.1. The van der Waals surface area contributed by atoms with Crippen molar-refractivity contribution >= 4 is 33.5 Å². The average molecular weight is 345 g/mol. The van der Waals surface area contributed by atoms with E-state index in [0.717, 1.165) is 27.4 Å². The van der Waals surface area contributed by atoms with E-state index in [1.807, 2.05) is 34.9 Å². The van der Waals surface area contributed by atoms with Crippen LogP contribution in [0.4, 0.5) is 5.69 Å². The van der Waals surface area contributed by atoms with Crippen LogP contribution in [-0.2, 0) is 9.53 Å². The van der Waals surface area contributed by atoms with E-state index >= 15 is 0 Å². The van der Waals surface area contributed by atoms with E-state index < -0.39 is 0 Å². The van der Waals surface area contributed by atoms with Crippen LogP contribution in [0.15, 0.2) is 67.0 Å². The predicted octanol–water partition coefficient (Wildman–Crippen LogP) is 3.92. The summed E-state index contributed by atoms with van der Waals surface area (Å²) in [6.45, 7) is 0. The second-order valence-corrected chi connectivity index (χ2v) is 6.30. The number of nitrogens with zero attached hydrogens (tertiary/aromatic N) is 2. The SMILES string of the molecule is COC(=O)CC(c1ccc2ccccc2c1)n1cnc2cc(N)ccc21. The maximum atomic E-state index is 12.1. The molecule has 0 aliphatic heterocycles. The van der Waals surface area contributed by atoms with E-state index in [4.69, 9.17) is 10.5 Å². The van der Waals surface area contributed by atoms with Gasteiger partial charge in [-0.05, 0) is 40.6 Å². The largest absolute Gasteiger partial charge is 0.469 e. The van der Waals surface area contributed by atoms with Gasteiger partial charge in [-0.2, -0.15) is 0 Å². The van der Waals surface area contributed by atoms with Crippen molar-refractivity contribution in [3.63, 3.8) is 0 Å². The Morgan fingerprint density at radius 3 is 2.73 bits per heavy atom. The Balaban J connectivity index is 1.86. The lowest BCUT2D eigenvalue weighted by Gasteiger charge is -2.19. The molecule has 0 aliphatic rings. The molecule has 1 atom stereocenters. The van der Waals surface area contributed by atoms with Crippen molar-refractivity contribution in [2.24, 2.45) is 0 Å². The highest BCUT2D eigenvalue weighted by atomic mass is 16.5. The van der Waals surface area contributed by atoms with Gasteiger partial charge in [0.25, 0.3) is 0 Å². The monoisotopic (exact) mass is 345 g/mol. The Hall–Kier alpha value is -3.34. The molecule has 0 bridgehead atoms. The molecule has 4 aromatic rings. The van der Waals surface area contributed by atoms with Gasteiger partial charge in [-0.15, -0.1) is 0 Å². The minimum Gasteiger partial charge on any atom is -0.469 e. The number of rotatable bonds is 4. The molecular formula is C21H19N3O2. The zero-order valence-corrected chi connectivity index (χ0v) is 14.4. The van der Waals surface area contributed by atoms with Crippen LogP contribution in [0.5, 0.6) is 0 Å². The maximum Gasteiger partial charge on any atom is 0.307 e. The van der Waals surface area contributed by atoms with Crippen molar-refractivity contribution in [3.05, 3.63) is 72.6 Å². The molecule has 1 heterocycles. The number of hydrogen-bond acceptors (Lipinski definition) is 4. The predicted molar refractivity (Wildman–Crippen MR) is 103 cm³/mol. The molecule has 2 N–H and O–H groups in total. The first-order valence-electron chi connectivity index (χ1n) is 8.43. The number of ether oxygens (including phenoxy) is 1. The molecule has 0 spiro atoms. The molecule has 5 nitrogen and oxygen atoms in total. The standard InChI is InChI=1S/C21H19N3O2/c1-26-21(25)12-20(16-7-6-14-4-2-3-5-15(14)10-16)24-13-23-18-11-17(22)8-9-19(18)24/h2-11,13,20H,12,22H2,1H3. The second-order valence-electron chi connectivity index (χ2n) is 6.30. The van der Waals surface area contributed by atoms with Gasteiger partial charge in [-0.1, -0.05) is 36.4 Å². The lowest BCUT2D eigenvalue weighted by Crippen LogP contribution is -2.15. The molecular weight excluding hydrogens is 326 g/mol. The van der Waals surface area contributed by atoms with E-state index in [0.29, 0.717) is 5.69 Å². The fourth-order valence-electron chi connectivity index (χ4n) is 3.33. The van der Waals surface area contributed by atoms with Gasteiger partial charge >= 0.3 is 5.97 Å². The molecule has 5 heteroatoms. The number of aromatic nitrogens is 2. The molecule has 0 amide bonds. The van der Waals surface area contributed by atoms with E-state index in [-0.39, 0.29) is 18.4 Å². The van der Waals surface area contributed by atoms with Gasteiger partial charge < -0.3 is 15.0 Å². The molecule has 0 fully saturated rings. The quantitative estimate of drug-likeness (QED) is 0.449. The summed E-state index contributed by atoms with van der Waals surface area (Å²) < 4.78 is 6.94. The summed E-state index contributed by atoms with van der Waals surface area (Å²) in [5, 5.41) is 2.30. The van der Waals surface area contributed by atoms with Gasteiger partial charge in [0, 0.05) is 5.69 Å². The highest BCUT2D eigenvalue weighted by molar-refractivity contribution is 5.84. The van der Waals surface area contributed by atoms with Crippen LogP contribution >= 0.6 is 0 Å². The lowest BCUT2D eigenvalue weighted by atomic mass is 9.99. The molecule has 26 heavy (non-hydrogen) atoms. The number of hydrogen-bond donors (Lipinski definition) is 1. The first-order chi connectivity index (χ1) is 12.7. The Kier molecular flexibility index (Phi) is 4.05. The number of imidazole rings is 1. The number of methoxy groups -OCH3 is 1. The number of esters is 1. The summed E-state index contributed by atoms with van der Waals surface area (Å²) in [7, 11) is 1.41. The first kappa shape index (κ1) is 16.1. The molecule has 0 saturated carbocycles. The summed E-state index contributed by atoms with van der Waals surface area (Å²) in [4.78, 5) is 16.5. The van der Waals surface area contributed by atoms with Crippen molar-refractivity contribution < 1.29 is 9.53 Å². The van der Waals surface area contributed by atoms with Gasteiger partial charge in [-0.25, -0.2) is 4.98 Å². The molecule has 1 aromatic heterocycles. The zero-order valence-electron chi connectivity index (χ0n) is 14.4. The van der Waals surface area contributed by atoms with Crippen molar-refractivity contribution in [2.75, 3.05) is 12.8 Å². The van der Waals surface area contributed by atoms with Crippen LogP contribution in [0.2, 0.25) is 0 Å². The third-order valence-electron chi connectivity index (χ3n) is 4.68. The van der Waals surface area contributed by atoms with Crippen LogP contribution in [0.3, 0.4) is 0 Å². The van der Waals surface area contributed by atoms with Gasteiger partial charge in [-0.3, -0.25) is 4.79 Å². The smallest absolute Gasteiger partial charge is 0.307 e. The maximum absolute atomic E-state index is 12.1. The Labute approximate surface area is 151 Å². The van der Waals surface area contributed by atoms with Crippen molar-refractivity contribution in [3.8, 4) is 0 Å². The van der Waals surface area contributed by atoms with Crippen molar-refractivity contribution in [1.82, 2.24) is 9.55 Å². The normalized spacial score (nSPS) is 12.3. The molecule has 0 radical (unpaired) electrons. The third-order valence-corrected chi connectivity index (χ3v) is 4.68. The number of nitrogens with two attached hydrogens (primary N) is 1. The summed E-state index contributed by atoms with van der Waals surface area (Å²) in [6, 6.07) is 19.8. The van der Waals surface area contributed by atoms with Crippen molar-refractivity contribution in [2.45, 2.75) is 12.5 Å². The number of carbonyl (C=O) groups is 1. The van der Waals surface area contributed by atoms with Gasteiger partial charge in [0.15, 0.2) is 0 Å². The number of benzene rings is 3. The molecule has 0 aliphatic carbocycles. The van der Waals surface area contributed by atoms with E-state index in [1.54, 1.807) is 6.33 Å². The van der Waals surface area contributed by atoms with Crippen molar-refractivity contribution in [1.29, 1.82) is 0 Å². The topological polar surface area (TPSA) is 70.1 Å². The second kappa shape index (κ2) is 6.52. The minimum absolute atomic E-state index is 0.208. The Morgan fingerprint density at radius 1 is 1.12 bits per heavy atom. The highest BCUT2D eigenvalue weighted by Crippen LogP contribution is 2.30. The Morgan fingerprint density at radius 2 is 1.92 bits per heavy atom. The minimum atomic E-state index is -0.263.